The van der Waals surface area contributed by atoms with E-state index in [1.54, 1.807) is 7.05 Å². The fraction of sp³-hybridized carbons (Fsp3) is 0.600. The first kappa shape index (κ1) is 16.0. The molecule has 0 heterocycles. The van der Waals surface area contributed by atoms with Crippen LogP contribution in [0.5, 0.6) is 0 Å². The second-order valence-corrected chi connectivity index (χ2v) is 5.24. The van der Waals surface area contributed by atoms with Crippen LogP contribution in [0.2, 0.25) is 0 Å². The smallest absolute Gasteiger partial charge is 0.317 e. The number of nitrogens with one attached hydrogen (secondary N) is 1. The summed E-state index contributed by atoms with van der Waals surface area (Å²) in [6, 6.07) is 7.99. The molecule has 0 saturated heterocycles. The van der Waals surface area contributed by atoms with Crippen molar-refractivity contribution in [2.24, 2.45) is 0 Å². The molecule has 1 atom stereocenters. The lowest BCUT2D eigenvalue weighted by Gasteiger charge is -2.17. The quantitative estimate of drug-likeness (QED) is 0.815. The van der Waals surface area contributed by atoms with Crippen molar-refractivity contribution in [3.8, 4) is 0 Å². The molecule has 19 heavy (non-hydrogen) atoms. The highest BCUT2D eigenvalue weighted by atomic mass is 19.4. The molecule has 108 valence electrons. The van der Waals surface area contributed by atoms with Crippen LogP contribution in [0.1, 0.15) is 43.7 Å². The van der Waals surface area contributed by atoms with Crippen LogP contribution < -0.4 is 5.32 Å². The predicted molar refractivity (Wildman–Crippen MR) is 72.4 cm³/mol. The van der Waals surface area contributed by atoms with E-state index in [0.717, 1.165) is 5.56 Å². The molecule has 0 spiro atoms. The monoisotopic (exact) mass is 273 g/mol. The molecule has 4 heteroatoms. The van der Waals surface area contributed by atoms with Crippen LogP contribution in [0.3, 0.4) is 0 Å². The fourth-order valence-corrected chi connectivity index (χ4v) is 2.01. The lowest BCUT2D eigenvalue weighted by Crippen LogP contribution is -2.29. The third-order valence-corrected chi connectivity index (χ3v) is 3.31. The Kier molecular flexibility index (Phi) is 5.85. The average Bonchev–Trinajstić information content (AvgIpc) is 2.34. The van der Waals surface area contributed by atoms with Gasteiger partial charge in [-0.15, -0.1) is 0 Å². The molecule has 0 aliphatic heterocycles. The van der Waals surface area contributed by atoms with Gasteiger partial charge in [0.25, 0.3) is 0 Å². The van der Waals surface area contributed by atoms with E-state index in [1.165, 1.54) is 5.56 Å². The van der Waals surface area contributed by atoms with Gasteiger partial charge in [0.2, 0.25) is 0 Å². The van der Waals surface area contributed by atoms with Crippen molar-refractivity contribution in [3.05, 3.63) is 35.4 Å². The maximum Gasteiger partial charge on any atom is 0.389 e. The van der Waals surface area contributed by atoms with Crippen LogP contribution in [0.25, 0.3) is 0 Å². The van der Waals surface area contributed by atoms with Crippen molar-refractivity contribution < 1.29 is 13.2 Å². The minimum absolute atomic E-state index is 0.117. The number of hydrogen-bond donors (Lipinski definition) is 1. The van der Waals surface area contributed by atoms with Crippen LogP contribution in [-0.2, 0) is 6.42 Å². The van der Waals surface area contributed by atoms with E-state index in [-0.39, 0.29) is 12.5 Å². The summed E-state index contributed by atoms with van der Waals surface area (Å²) in [4.78, 5) is 0. The molecule has 0 saturated carbocycles. The Balaban J connectivity index is 2.55. The molecular formula is C15H22F3N. The normalized spacial score (nSPS) is 13.8. The summed E-state index contributed by atoms with van der Waals surface area (Å²) in [5.41, 5.74) is 2.32. The van der Waals surface area contributed by atoms with Crippen molar-refractivity contribution in [2.75, 3.05) is 7.05 Å². The molecule has 0 amide bonds. The summed E-state index contributed by atoms with van der Waals surface area (Å²) in [6.07, 6.45) is -4.06. The largest absolute Gasteiger partial charge is 0.389 e. The average molecular weight is 273 g/mol. The molecule has 1 aromatic rings. The van der Waals surface area contributed by atoms with Crippen molar-refractivity contribution in [3.63, 3.8) is 0 Å². The first-order valence-electron chi connectivity index (χ1n) is 6.64. The number of benzene rings is 1. The maximum atomic E-state index is 12.2. The summed E-state index contributed by atoms with van der Waals surface area (Å²) in [6.45, 7) is 4.24. The fourth-order valence-electron chi connectivity index (χ4n) is 2.01. The molecule has 0 aliphatic carbocycles. The van der Waals surface area contributed by atoms with E-state index in [4.69, 9.17) is 0 Å². The lowest BCUT2D eigenvalue weighted by atomic mass is 9.97. The van der Waals surface area contributed by atoms with Gasteiger partial charge in [-0.25, -0.2) is 0 Å². The van der Waals surface area contributed by atoms with E-state index in [1.807, 2.05) is 12.1 Å². The number of rotatable bonds is 6. The molecule has 0 aliphatic rings. The Morgan fingerprint density at radius 2 is 1.68 bits per heavy atom. The van der Waals surface area contributed by atoms with Crippen molar-refractivity contribution in [1.82, 2.24) is 5.32 Å². The Morgan fingerprint density at radius 1 is 1.11 bits per heavy atom. The molecule has 0 fully saturated rings. The Bertz CT molecular complexity index is 368. The van der Waals surface area contributed by atoms with Gasteiger partial charge in [0.1, 0.15) is 0 Å². The van der Waals surface area contributed by atoms with Gasteiger partial charge in [0.05, 0.1) is 0 Å². The third-order valence-electron chi connectivity index (χ3n) is 3.31. The highest BCUT2D eigenvalue weighted by Crippen LogP contribution is 2.23. The summed E-state index contributed by atoms with van der Waals surface area (Å²) in [5, 5.41) is 2.96. The minimum atomic E-state index is -4.07. The van der Waals surface area contributed by atoms with E-state index in [0.29, 0.717) is 12.3 Å². The van der Waals surface area contributed by atoms with Crippen LogP contribution in [0.4, 0.5) is 13.2 Å². The highest BCUT2D eigenvalue weighted by molar-refractivity contribution is 5.25. The van der Waals surface area contributed by atoms with Crippen molar-refractivity contribution >= 4 is 0 Å². The van der Waals surface area contributed by atoms with Gasteiger partial charge in [0, 0.05) is 12.5 Å². The molecule has 1 rings (SSSR count). The van der Waals surface area contributed by atoms with E-state index in [2.05, 4.69) is 31.3 Å². The Hall–Kier alpha value is -1.03. The zero-order chi connectivity index (χ0) is 14.5. The summed E-state index contributed by atoms with van der Waals surface area (Å²) in [5.74, 6) is 0.472. The zero-order valence-corrected chi connectivity index (χ0v) is 11.7. The first-order chi connectivity index (χ1) is 8.81. The lowest BCUT2D eigenvalue weighted by molar-refractivity contribution is -0.136. The molecule has 0 radical (unpaired) electrons. The summed E-state index contributed by atoms with van der Waals surface area (Å²) in [7, 11) is 1.71. The molecule has 1 unspecified atom stereocenters. The van der Waals surface area contributed by atoms with E-state index < -0.39 is 12.6 Å². The van der Waals surface area contributed by atoms with Gasteiger partial charge in [-0.2, -0.15) is 13.2 Å². The Morgan fingerprint density at radius 3 is 2.11 bits per heavy atom. The van der Waals surface area contributed by atoms with Gasteiger partial charge in [-0.1, -0.05) is 38.1 Å². The standard InChI is InChI=1S/C15H22F3N/c1-11(2)13-6-4-12(5-7-13)10-14(19-3)8-9-15(16,17)18/h4-7,11,14,19H,8-10H2,1-3H3. The topological polar surface area (TPSA) is 12.0 Å². The second-order valence-electron chi connectivity index (χ2n) is 5.24. The van der Waals surface area contributed by atoms with Crippen molar-refractivity contribution in [2.45, 2.75) is 51.2 Å². The predicted octanol–water partition coefficient (Wildman–Crippen LogP) is 4.28. The van der Waals surface area contributed by atoms with E-state index >= 15 is 0 Å². The maximum absolute atomic E-state index is 12.2. The highest BCUT2D eigenvalue weighted by Gasteiger charge is 2.27. The van der Waals surface area contributed by atoms with Gasteiger partial charge >= 0.3 is 6.18 Å². The van der Waals surface area contributed by atoms with Gasteiger partial charge in [0.15, 0.2) is 0 Å². The van der Waals surface area contributed by atoms with Crippen LogP contribution >= 0.6 is 0 Å². The van der Waals surface area contributed by atoms with Gasteiger partial charge < -0.3 is 5.32 Å². The molecule has 1 nitrogen and oxygen atoms in total. The molecule has 0 aromatic heterocycles. The van der Waals surface area contributed by atoms with Gasteiger partial charge in [-0.3, -0.25) is 0 Å². The first-order valence-corrected chi connectivity index (χ1v) is 6.64. The van der Waals surface area contributed by atoms with Crippen LogP contribution in [0.15, 0.2) is 24.3 Å². The SMILES string of the molecule is CNC(CCC(F)(F)F)Cc1ccc(C(C)C)cc1. The second kappa shape index (κ2) is 6.94. The zero-order valence-electron chi connectivity index (χ0n) is 11.7. The molecule has 1 aromatic carbocycles. The number of likely N-dealkylation sites (N-methyl/N-ethyl adjacent to an activating group) is 1. The summed E-state index contributed by atoms with van der Waals surface area (Å²) < 4.78 is 36.6. The summed E-state index contributed by atoms with van der Waals surface area (Å²) >= 11 is 0. The number of halogens is 3. The van der Waals surface area contributed by atoms with Crippen LogP contribution in [-0.4, -0.2) is 19.3 Å². The van der Waals surface area contributed by atoms with Crippen LogP contribution in [0, 0.1) is 0 Å². The molecular weight excluding hydrogens is 251 g/mol. The minimum Gasteiger partial charge on any atom is -0.317 e. The Labute approximate surface area is 113 Å². The van der Waals surface area contributed by atoms with Gasteiger partial charge in [-0.05, 0) is 36.9 Å². The molecule has 0 bridgehead atoms. The van der Waals surface area contributed by atoms with Crippen molar-refractivity contribution in [1.29, 1.82) is 0 Å². The number of alkyl halides is 3. The third kappa shape index (κ3) is 6.10. The number of hydrogen-bond acceptors (Lipinski definition) is 1. The van der Waals surface area contributed by atoms with E-state index in [9.17, 15) is 13.2 Å². The molecule has 1 N–H and O–H groups in total.